The molecular formula is C57H39N3. The number of aromatic nitrogens is 3. The van der Waals surface area contributed by atoms with Crippen LogP contribution < -0.4 is 0 Å². The minimum absolute atomic E-state index is 0.0686. The van der Waals surface area contributed by atoms with Crippen molar-refractivity contribution < 1.29 is 0 Å². The van der Waals surface area contributed by atoms with Crippen LogP contribution in [-0.4, -0.2) is 14.5 Å². The van der Waals surface area contributed by atoms with Gasteiger partial charge in [0, 0.05) is 43.7 Å². The number of rotatable bonds is 5. The molecule has 3 nitrogen and oxygen atoms in total. The Hall–Kier alpha value is -7.62. The lowest BCUT2D eigenvalue weighted by Gasteiger charge is -2.21. The molecule has 0 saturated carbocycles. The molecule has 0 spiro atoms. The quantitative estimate of drug-likeness (QED) is 0.175. The fourth-order valence-corrected chi connectivity index (χ4v) is 9.97. The topological polar surface area (TPSA) is 30.7 Å². The number of fused-ring (bicyclic) bond motifs is 8. The fraction of sp³-hybridized carbons (Fsp3) is 0.0526. The molecule has 9 aromatic carbocycles. The summed E-state index contributed by atoms with van der Waals surface area (Å²) in [5.41, 5.74) is 17.6. The fourth-order valence-electron chi connectivity index (χ4n) is 9.97. The molecule has 282 valence electrons. The summed E-state index contributed by atoms with van der Waals surface area (Å²) in [6.45, 7) is 4.71. The molecule has 0 radical (unpaired) electrons. The lowest BCUT2D eigenvalue weighted by molar-refractivity contribution is 0.660. The van der Waals surface area contributed by atoms with Crippen LogP contribution in [0.1, 0.15) is 25.0 Å². The molecule has 0 N–H and O–H groups in total. The van der Waals surface area contributed by atoms with E-state index in [1.54, 1.807) is 0 Å². The van der Waals surface area contributed by atoms with Crippen molar-refractivity contribution in [2.24, 2.45) is 0 Å². The first-order valence-corrected chi connectivity index (χ1v) is 20.7. The van der Waals surface area contributed by atoms with Gasteiger partial charge in [0.05, 0.1) is 27.9 Å². The summed E-state index contributed by atoms with van der Waals surface area (Å²) in [4.78, 5) is 10.4. The Balaban J connectivity index is 1.10. The lowest BCUT2D eigenvalue weighted by Crippen LogP contribution is -2.14. The zero-order valence-electron chi connectivity index (χ0n) is 33.4. The molecule has 2 heterocycles. The van der Waals surface area contributed by atoms with Crippen LogP contribution in [0.25, 0.3) is 105 Å². The van der Waals surface area contributed by atoms with Crippen LogP contribution in [0, 0.1) is 0 Å². The smallest absolute Gasteiger partial charge is 0.160 e. The lowest BCUT2D eigenvalue weighted by atomic mass is 9.82. The van der Waals surface area contributed by atoms with Gasteiger partial charge in [0.2, 0.25) is 0 Å². The van der Waals surface area contributed by atoms with Crippen LogP contribution in [0.2, 0.25) is 0 Å². The normalized spacial score (nSPS) is 13.0. The SMILES string of the molecule is CC1(C)c2ccccc2-c2c(-c3ccc4c(c3)c3cccc(-c5cccc(-c6nc(-c7ccccc7)c7ccccc7n6)c5)c3n4-c3cccc4ccccc34)cccc21. The Morgan fingerprint density at radius 3 is 1.97 bits per heavy atom. The second-order valence-electron chi connectivity index (χ2n) is 16.5. The van der Waals surface area contributed by atoms with Crippen molar-refractivity contribution in [3.05, 3.63) is 211 Å². The maximum atomic E-state index is 5.24. The Morgan fingerprint density at radius 2 is 1.05 bits per heavy atom. The van der Waals surface area contributed by atoms with E-state index in [-0.39, 0.29) is 5.41 Å². The van der Waals surface area contributed by atoms with Gasteiger partial charge < -0.3 is 4.57 Å². The number of para-hydroxylation sites is 2. The largest absolute Gasteiger partial charge is 0.308 e. The third-order valence-corrected chi connectivity index (χ3v) is 12.8. The van der Waals surface area contributed by atoms with Crippen molar-refractivity contribution in [2.45, 2.75) is 19.3 Å². The van der Waals surface area contributed by atoms with Gasteiger partial charge in [-0.25, -0.2) is 9.97 Å². The van der Waals surface area contributed by atoms with E-state index in [1.165, 1.54) is 66.0 Å². The summed E-state index contributed by atoms with van der Waals surface area (Å²) < 4.78 is 2.49. The van der Waals surface area contributed by atoms with Crippen molar-refractivity contribution in [1.29, 1.82) is 0 Å². The highest BCUT2D eigenvalue weighted by Crippen LogP contribution is 2.52. The zero-order valence-corrected chi connectivity index (χ0v) is 33.4. The Kier molecular flexibility index (Phi) is 7.58. The predicted octanol–water partition coefficient (Wildman–Crippen LogP) is 14.9. The van der Waals surface area contributed by atoms with Crippen LogP contribution >= 0.6 is 0 Å². The molecule has 1 aliphatic rings. The Morgan fingerprint density at radius 1 is 0.417 bits per heavy atom. The second-order valence-corrected chi connectivity index (χ2v) is 16.5. The van der Waals surface area contributed by atoms with E-state index in [1.807, 2.05) is 12.1 Å². The van der Waals surface area contributed by atoms with Gasteiger partial charge >= 0.3 is 0 Å². The van der Waals surface area contributed by atoms with Gasteiger partial charge in [-0.05, 0) is 74.7 Å². The molecule has 0 unspecified atom stereocenters. The number of hydrogen-bond donors (Lipinski definition) is 0. The van der Waals surface area contributed by atoms with Crippen LogP contribution in [0.5, 0.6) is 0 Å². The van der Waals surface area contributed by atoms with E-state index >= 15 is 0 Å². The standard InChI is InChI=1S/C57H39N3/c1-57(2)48-28-10-8-23-45(48)53-42(25-15-29-49(53)57)39-32-33-52-47(35-39)44-27-14-26-43(55(44)60(52)51-31-13-19-36-16-6-7-22-41(36)51)38-20-12-21-40(34-38)56-58-50-30-11-9-24-46(50)54(59-56)37-17-4-3-5-18-37/h3-35H,1-2H3. The van der Waals surface area contributed by atoms with Crippen LogP contribution in [-0.2, 0) is 5.41 Å². The summed E-state index contributed by atoms with van der Waals surface area (Å²) in [6, 6.07) is 72.5. The molecule has 11 aromatic rings. The molecule has 3 heteroatoms. The van der Waals surface area contributed by atoms with Crippen LogP contribution in [0.4, 0.5) is 0 Å². The van der Waals surface area contributed by atoms with Gasteiger partial charge in [0.1, 0.15) is 0 Å². The van der Waals surface area contributed by atoms with E-state index in [0.717, 1.165) is 44.5 Å². The van der Waals surface area contributed by atoms with Crippen molar-refractivity contribution in [3.8, 4) is 61.7 Å². The molecule has 0 atom stereocenters. The summed E-state index contributed by atoms with van der Waals surface area (Å²) in [5.74, 6) is 0.709. The Bertz CT molecular complexity index is 3510. The molecule has 60 heavy (non-hydrogen) atoms. The highest BCUT2D eigenvalue weighted by atomic mass is 15.0. The first-order valence-electron chi connectivity index (χ1n) is 20.7. The third-order valence-electron chi connectivity index (χ3n) is 12.8. The zero-order chi connectivity index (χ0) is 40.0. The molecule has 12 rings (SSSR count). The van der Waals surface area contributed by atoms with Gasteiger partial charge in [0.25, 0.3) is 0 Å². The number of hydrogen-bond acceptors (Lipinski definition) is 2. The van der Waals surface area contributed by atoms with E-state index in [2.05, 4.69) is 206 Å². The third kappa shape index (κ3) is 5.15. The second kappa shape index (κ2) is 13.2. The molecule has 2 aromatic heterocycles. The van der Waals surface area contributed by atoms with E-state index in [4.69, 9.17) is 9.97 Å². The van der Waals surface area contributed by atoms with Gasteiger partial charge in [-0.2, -0.15) is 0 Å². The first kappa shape index (κ1) is 34.4. The molecular weight excluding hydrogens is 727 g/mol. The molecule has 1 aliphatic carbocycles. The highest BCUT2D eigenvalue weighted by Gasteiger charge is 2.36. The minimum atomic E-state index is -0.0686. The molecule has 0 fully saturated rings. The van der Waals surface area contributed by atoms with Crippen LogP contribution in [0.15, 0.2) is 200 Å². The van der Waals surface area contributed by atoms with Gasteiger partial charge in [-0.15, -0.1) is 0 Å². The maximum absolute atomic E-state index is 5.24. The summed E-state index contributed by atoms with van der Waals surface area (Å²) in [5, 5.41) is 5.90. The highest BCUT2D eigenvalue weighted by molar-refractivity contribution is 6.16. The van der Waals surface area contributed by atoms with Crippen molar-refractivity contribution in [3.63, 3.8) is 0 Å². The summed E-state index contributed by atoms with van der Waals surface area (Å²) >= 11 is 0. The minimum Gasteiger partial charge on any atom is -0.308 e. The molecule has 0 bridgehead atoms. The first-order chi connectivity index (χ1) is 29.5. The summed E-state index contributed by atoms with van der Waals surface area (Å²) in [7, 11) is 0. The monoisotopic (exact) mass is 765 g/mol. The van der Waals surface area contributed by atoms with Gasteiger partial charge in [0.15, 0.2) is 5.82 Å². The van der Waals surface area contributed by atoms with Crippen molar-refractivity contribution in [1.82, 2.24) is 14.5 Å². The van der Waals surface area contributed by atoms with Crippen LogP contribution in [0.3, 0.4) is 0 Å². The van der Waals surface area contributed by atoms with E-state index < -0.39 is 0 Å². The molecule has 0 aliphatic heterocycles. The average molecular weight is 766 g/mol. The van der Waals surface area contributed by atoms with Crippen molar-refractivity contribution >= 4 is 43.5 Å². The van der Waals surface area contributed by atoms with Crippen molar-refractivity contribution in [2.75, 3.05) is 0 Å². The number of nitrogens with zero attached hydrogens (tertiary/aromatic N) is 3. The number of benzene rings is 9. The van der Waals surface area contributed by atoms with Gasteiger partial charge in [-0.3, -0.25) is 0 Å². The van der Waals surface area contributed by atoms with E-state index in [0.29, 0.717) is 5.82 Å². The summed E-state index contributed by atoms with van der Waals surface area (Å²) in [6.07, 6.45) is 0. The van der Waals surface area contributed by atoms with Gasteiger partial charge in [-0.1, -0.05) is 184 Å². The molecule has 0 amide bonds. The maximum Gasteiger partial charge on any atom is 0.160 e. The Labute approximate surface area is 348 Å². The predicted molar refractivity (Wildman–Crippen MR) is 251 cm³/mol. The average Bonchev–Trinajstić information content (AvgIpc) is 3.76. The van der Waals surface area contributed by atoms with E-state index in [9.17, 15) is 0 Å². The molecule has 0 saturated heterocycles.